The Balaban J connectivity index is 1.41. The van der Waals surface area contributed by atoms with Gasteiger partial charge in [0.1, 0.15) is 12.1 Å². The molecule has 3 aromatic rings. The van der Waals surface area contributed by atoms with Crippen LogP contribution in [-0.2, 0) is 6.54 Å². The fraction of sp³-hybridized carbons (Fsp3) is 0.294. The van der Waals surface area contributed by atoms with Crippen LogP contribution in [-0.4, -0.2) is 34.0 Å². The molecule has 3 heterocycles. The van der Waals surface area contributed by atoms with Gasteiger partial charge in [0.25, 0.3) is 0 Å². The van der Waals surface area contributed by atoms with Crippen LogP contribution in [0.2, 0.25) is 0 Å². The van der Waals surface area contributed by atoms with E-state index >= 15 is 0 Å². The molecule has 1 aliphatic heterocycles. The molecule has 0 spiro atoms. The summed E-state index contributed by atoms with van der Waals surface area (Å²) < 4.78 is 1.38. The summed E-state index contributed by atoms with van der Waals surface area (Å²) in [6, 6.07) is 11.1. The molecule has 22 heavy (non-hydrogen) atoms. The van der Waals surface area contributed by atoms with Gasteiger partial charge < -0.3 is 5.32 Å². The first kappa shape index (κ1) is 13.7. The van der Waals surface area contributed by atoms with Gasteiger partial charge in [-0.3, -0.25) is 4.90 Å². The van der Waals surface area contributed by atoms with Crippen LogP contribution in [0.15, 0.2) is 48.2 Å². The summed E-state index contributed by atoms with van der Waals surface area (Å²) in [7, 11) is 0. The zero-order valence-corrected chi connectivity index (χ0v) is 13.1. The van der Waals surface area contributed by atoms with E-state index in [0.717, 1.165) is 31.9 Å². The second kappa shape index (κ2) is 6.02. The second-order valence-corrected chi connectivity index (χ2v) is 6.63. The molecule has 0 saturated carbocycles. The maximum Gasteiger partial charge on any atom is 0.129 e. The third kappa shape index (κ3) is 2.82. The number of anilines is 1. The number of nitrogens with zero attached hydrogens (tertiary/aromatic N) is 3. The molecule has 4 rings (SSSR count). The standard InChI is InChI=1S/C17H18N4S/c1-2-4-16-15(3-1)13(11-22-16)9-21-8-6-14(10-21)20-17-5-7-18-12-19-17/h1-5,7,11-12,14H,6,8-10H2,(H,18,19,20). The van der Waals surface area contributed by atoms with Crippen molar-refractivity contribution in [2.45, 2.75) is 19.0 Å². The molecule has 0 bridgehead atoms. The van der Waals surface area contributed by atoms with Gasteiger partial charge >= 0.3 is 0 Å². The molecule has 0 amide bonds. The van der Waals surface area contributed by atoms with E-state index in [0.29, 0.717) is 6.04 Å². The Labute approximate surface area is 133 Å². The normalized spacial score (nSPS) is 18.8. The highest BCUT2D eigenvalue weighted by Crippen LogP contribution is 2.27. The minimum Gasteiger partial charge on any atom is -0.366 e. The van der Waals surface area contributed by atoms with Crippen molar-refractivity contribution in [1.29, 1.82) is 0 Å². The summed E-state index contributed by atoms with van der Waals surface area (Å²) in [5.74, 6) is 0.919. The summed E-state index contributed by atoms with van der Waals surface area (Å²) in [4.78, 5) is 10.7. The molecule has 1 aliphatic rings. The molecule has 112 valence electrons. The fourth-order valence-corrected chi connectivity index (χ4v) is 4.03. The van der Waals surface area contributed by atoms with Crippen molar-refractivity contribution in [3.05, 3.63) is 53.8 Å². The third-order valence-electron chi connectivity index (χ3n) is 4.16. The van der Waals surface area contributed by atoms with Gasteiger partial charge in [-0.05, 0) is 34.9 Å². The van der Waals surface area contributed by atoms with E-state index < -0.39 is 0 Å². The Morgan fingerprint density at radius 1 is 1.27 bits per heavy atom. The van der Waals surface area contributed by atoms with Crippen LogP contribution in [0.3, 0.4) is 0 Å². The molecule has 1 unspecified atom stereocenters. The largest absolute Gasteiger partial charge is 0.366 e. The minimum atomic E-state index is 0.472. The summed E-state index contributed by atoms with van der Waals surface area (Å²) >= 11 is 1.84. The van der Waals surface area contributed by atoms with Gasteiger partial charge in [0.15, 0.2) is 0 Å². The fourth-order valence-electron chi connectivity index (χ4n) is 3.08. The molecule has 2 aromatic heterocycles. The van der Waals surface area contributed by atoms with E-state index in [-0.39, 0.29) is 0 Å². The van der Waals surface area contributed by atoms with E-state index in [1.165, 1.54) is 15.6 Å². The Morgan fingerprint density at radius 2 is 2.23 bits per heavy atom. The molecule has 5 heteroatoms. The monoisotopic (exact) mass is 310 g/mol. The second-order valence-electron chi connectivity index (χ2n) is 5.72. The molecule has 4 nitrogen and oxygen atoms in total. The average molecular weight is 310 g/mol. The highest BCUT2D eigenvalue weighted by Gasteiger charge is 2.23. The number of thiophene rings is 1. The summed E-state index contributed by atoms with van der Waals surface area (Å²) in [6.07, 6.45) is 4.53. The molecule has 0 aliphatic carbocycles. The predicted molar refractivity (Wildman–Crippen MR) is 91.2 cm³/mol. The van der Waals surface area contributed by atoms with Crippen LogP contribution in [0, 0.1) is 0 Å². The molecular weight excluding hydrogens is 292 g/mol. The lowest BCUT2D eigenvalue weighted by molar-refractivity contribution is 0.330. The van der Waals surface area contributed by atoms with Crippen molar-refractivity contribution in [3.63, 3.8) is 0 Å². The first-order valence-corrected chi connectivity index (χ1v) is 8.46. The number of hydrogen-bond acceptors (Lipinski definition) is 5. The zero-order valence-electron chi connectivity index (χ0n) is 12.3. The number of aromatic nitrogens is 2. The lowest BCUT2D eigenvalue weighted by Crippen LogP contribution is -2.26. The maximum atomic E-state index is 4.24. The highest BCUT2D eigenvalue weighted by atomic mass is 32.1. The van der Waals surface area contributed by atoms with E-state index in [1.807, 2.05) is 17.4 Å². The van der Waals surface area contributed by atoms with Crippen molar-refractivity contribution in [1.82, 2.24) is 14.9 Å². The van der Waals surface area contributed by atoms with Gasteiger partial charge in [-0.2, -0.15) is 0 Å². The number of hydrogen-bond donors (Lipinski definition) is 1. The number of fused-ring (bicyclic) bond motifs is 1. The molecule has 1 N–H and O–H groups in total. The van der Waals surface area contributed by atoms with E-state index in [2.05, 4.69) is 49.8 Å². The Kier molecular flexibility index (Phi) is 3.74. The van der Waals surface area contributed by atoms with Crippen molar-refractivity contribution < 1.29 is 0 Å². The topological polar surface area (TPSA) is 41.0 Å². The van der Waals surface area contributed by atoms with Crippen molar-refractivity contribution in [2.24, 2.45) is 0 Å². The quantitative estimate of drug-likeness (QED) is 0.802. The molecule has 1 atom stereocenters. The maximum absolute atomic E-state index is 4.24. The molecule has 1 fully saturated rings. The Bertz CT molecular complexity index is 755. The first-order chi connectivity index (χ1) is 10.9. The van der Waals surface area contributed by atoms with Crippen LogP contribution >= 0.6 is 11.3 Å². The van der Waals surface area contributed by atoms with Gasteiger partial charge in [0, 0.05) is 36.6 Å². The van der Waals surface area contributed by atoms with Crippen molar-refractivity contribution in [3.8, 4) is 0 Å². The molecule has 1 saturated heterocycles. The molecule has 0 radical (unpaired) electrons. The first-order valence-electron chi connectivity index (χ1n) is 7.58. The van der Waals surface area contributed by atoms with E-state index in [1.54, 1.807) is 12.5 Å². The van der Waals surface area contributed by atoms with Crippen LogP contribution < -0.4 is 5.32 Å². The predicted octanol–water partition coefficient (Wildman–Crippen LogP) is 3.38. The number of rotatable bonds is 4. The van der Waals surface area contributed by atoms with Crippen LogP contribution in [0.4, 0.5) is 5.82 Å². The lowest BCUT2D eigenvalue weighted by atomic mass is 10.2. The van der Waals surface area contributed by atoms with E-state index in [4.69, 9.17) is 0 Å². The van der Waals surface area contributed by atoms with Crippen molar-refractivity contribution in [2.75, 3.05) is 18.4 Å². The molecule has 1 aromatic carbocycles. The Hall–Kier alpha value is -1.98. The number of likely N-dealkylation sites (tertiary alicyclic amines) is 1. The Morgan fingerprint density at radius 3 is 3.14 bits per heavy atom. The third-order valence-corrected chi connectivity index (χ3v) is 5.17. The van der Waals surface area contributed by atoms with Crippen molar-refractivity contribution >= 4 is 27.2 Å². The summed E-state index contributed by atoms with van der Waals surface area (Å²) in [5.41, 5.74) is 1.45. The highest BCUT2D eigenvalue weighted by molar-refractivity contribution is 7.17. The smallest absolute Gasteiger partial charge is 0.129 e. The summed E-state index contributed by atoms with van der Waals surface area (Å²) in [5, 5.41) is 7.20. The van der Waals surface area contributed by atoms with Gasteiger partial charge in [0.2, 0.25) is 0 Å². The van der Waals surface area contributed by atoms with E-state index in [9.17, 15) is 0 Å². The van der Waals surface area contributed by atoms with Crippen LogP contribution in [0.5, 0.6) is 0 Å². The zero-order chi connectivity index (χ0) is 14.8. The number of nitrogens with one attached hydrogen (secondary N) is 1. The minimum absolute atomic E-state index is 0.472. The van der Waals surface area contributed by atoms with Gasteiger partial charge in [-0.15, -0.1) is 11.3 Å². The van der Waals surface area contributed by atoms with Crippen LogP contribution in [0.1, 0.15) is 12.0 Å². The molecular formula is C17H18N4S. The van der Waals surface area contributed by atoms with Crippen LogP contribution in [0.25, 0.3) is 10.1 Å². The number of benzene rings is 1. The van der Waals surface area contributed by atoms with Gasteiger partial charge in [-0.25, -0.2) is 9.97 Å². The average Bonchev–Trinajstić information content (AvgIpc) is 3.17. The SMILES string of the molecule is c1ccc2c(CN3CCC(Nc4ccncn4)C3)csc2c1. The summed E-state index contributed by atoms with van der Waals surface area (Å²) in [6.45, 7) is 3.23. The van der Waals surface area contributed by atoms with Gasteiger partial charge in [-0.1, -0.05) is 18.2 Å². The lowest BCUT2D eigenvalue weighted by Gasteiger charge is -2.16. The van der Waals surface area contributed by atoms with Gasteiger partial charge in [0.05, 0.1) is 0 Å².